The fourth-order valence-electron chi connectivity index (χ4n) is 3.18. The van der Waals surface area contributed by atoms with Crippen LogP contribution in [0, 0.1) is 11.3 Å². The molecule has 20 heavy (non-hydrogen) atoms. The topological polar surface area (TPSA) is 32.3 Å². The minimum atomic E-state index is 0.295. The van der Waals surface area contributed by atoms with Crippen LogP contribution >= 0.6 is 11.8 Å². The first-order chi connectivity index (χ1) is 9.44. The molecule has 2 nitrogen and oxygen atoms in total. The molecule has 2 N–H and O–H groups in total. The van der Waals surface area contributed by atoms with Crippen molar-refractivity contribution in [3.05, 3.63) is 0 Å². The van der Waals surface area contributed by atoms with E-state index in [2.05, 4.69) is 39.9 Å². The van der Waals surface area contributed by atoms with Crippen LogP contribution in [0.4, 0.5) is 0 Å². The number of nitrogens with one attached hydrogen (secondary N) is 1. The van der Waals surface area contributed by atoms with E-state index in [-0.39, 0.29) is 0 Å². The van der Waals surface area contributed by atoms with Gasteiger partial charge in [0.15, 0.2) is 0 Å². The van der Waals surface area contributed by atoms with Gasteiger partial charge in [-0.15, -0.1) is 0 Å². The van der Waals surface area contributed by atoms with Gasteiger partial charge in [-0.05, 0) is 43.6 Å². The fraction of sp³-hybridized carbons (Fsp3) is 1.00. The Morgan fingerprint density at radius 3 is 2.55 bits per heavy atom. The summed E-state index contributed by atoms with van der Waals surface area (Å²) in [7, 11) is 0. The Labute approximate surface area is 130 Å². The van der Waals surface area contributed by atoms with Gasteiger partial charge < -0.3 is 10.4 Å². The zero-order chi connectivity index (χ0) is 15.2. The summed E-state index contributed by atoms with van der Waals surface area (Å²) in [5.74, 6) is 0.829. The molecule has 120 valence electrons. The summed E-state index contributed by atoms with van der Waals surface area (Å²) < 4.78 is 0. The number of hydrogen-bond acceptors (Lipinski definition) is 3. The Morgan fingerprint density at radius 1 is 1.30 bits per heavy atom. The molecular formula is C17H35NOS. The number of aliphatic hydroxyl groups is 1. The van der Waals surface area contributed by atoms with E-state index in [0.717, 1.165) is 12.5 Å². The molecular weight excluding hydrogens is 266 g/mol. The maximum Gasteiger partial charge on any atom is 0.0547 e. The van der Waals surface area contributed by atoms with Gasteiger partial charge in [-0.1, -0.05) is 41.0 Å². The van der Waals surface area contributed by atoms with Crippen LogP contribution in [0.15, 0.2) is 0 Å². The largest absolute Gasteiger partial charge is 0.395 e. The summed E-state index contributed by atoms with van der Waals surface area (Å²) >= 11 is 2.00. The smallest absolute Gasteiger partial charge is 0.0547 e. The summed E-state index contributed by atoms with van der Waals surface area (Å²) in [6, 6.07) is 0.637. The van der Waals surface area contributed by atoms with Crippen molar-refractivity contribution in [3.8, 4) is 0 Å². The molecule has 0 heterocycles. The Morgan fingerprint density at radius 2 is 2.00 bits per heavy atom. The summed E-state index contributed by atoms with van der Waals surface area (Å²) in [5, 5.41) is 14.1. The zero-order valence-corrected chi connectivity index (χ0v) is 14.9. The second-order valence-electron chi connectivity index (χ2n) is 7.08. The Bertz CT molecular complexity index is 270. The van der Waals surface area contributed by atoms with Crippen molar-refractivity contribution in [2.24, 2.45) is 11.3 Å². The number of thioether (sulfide) groups is 1. The molecule has 3 heteroatoms. The molecule has 0 radical (unpaired) electrons. The molecule has 1 rings (SSSR count). The van der Waals surface area contributed by atoms with E-state index in [1.54, 1.807) is 0 Å². The van der Waals surface area contributed by atoms with Crippen LogP contribution in [-0.4, -0.2) is 34.8 Å². The summed E-state index contributed by atoms with van der Waals surface area (Å²) in [4.78, 5) is 0. The third kappa shape index (κ3) is 5.23. The highest BCUT2D eigenvalue weighted by Gasteiger charge is 2.37. The molecule has 4 unspecified atom stereocenters. The van der Waals surface area contributed by atoms with E-state index in [9.17, 15) is 5.11 Å². The molecule has 0 saturated heterocycles. The van der Waals surface area contributed by atoms with Crippen LogP contribution in [0.1, 0.15) is 66.7 Å². The third-order valence-electron chi connectivity index (χ3n) is 5.13. The first-order valence-electron chi connectivity index (χ1n) is 8.44. The number of rotatable bonds is 8. The standard InChI is InChI=1S/C17H35NOS/c1-6-10-18-15-9-8-14(17(4,5)7-2)11-16(15)20-13(3)12-19/h13-16,18-19H,6-12H2,1-5H3. The zero-order valence-electron chi connectivity index (χ0n) is 14.1. The molecule has 0 spiro atoms. The minimum absolute atomic E-state index is 0.295. The molecule has 0 aliphatic heterocycles. The van der Waals surface area contributed by atoms with E-state index in [0.29, 0.717) is 28.6 Å². The Balaban J connectivity index is 2.67. The molecule has 0 aromatic carbocycles. The normalized spacial score (nSPS) is 29.4. The Hall–Kier alpha value is 0.270. The second kappa shape index (κ2) is 8.65. The van der Waals surface area contributed by atoms with Crippen LogP contribution in [0.25, 0.3) is 0 Å². The van der Waals surface area contributed by atoms with Crippen LogP contribution in [0.3, 0.4) is 0 Å². The molecule has 0 aromatic heterocycles. The molecule has 4 atom stereocenters. The molecule has 1 fully saturated rings. The van der Waals surface area contributed by atoms with Gasteiger partial charge in [0.1, 0.15) is 0 Å². The van der Waals surface area contributed by atoms with Gasteiger partial charge >= 0.3 is 0 Å². The van der Waals surface area contributed by atoms with Crippen LogP contribution < -0.4 is 5.32 Å². The van der Waals surface area contributed by atoms with Crippen molar-refractivity contribution in [1.29, 1.82) is 0 Å². The van der Waals surface area contributed by atoms with E-state index in [1.807, 2.05) is 11.8 Å². The predicted octanol–water partition coefficient (Wildman–Crippen LogP) is 4.07. The molecule has 0 bridgehead atoms. The van der Waals surface area contributed by atoms with Crippen molar-refractivity contribution in [1.82, 2.24) is 5.32 Å². The predicted molar refractivity (Wildman–Crippen MR) is 91.4 cm³/mol. The van der Waals surface area contributed by atoms with Crippen molar-refractivity contribution < 1.29 is 5.11 Å². The van der Waals surface area contributed by atoms with Gasteiger partial charge in [0.2, 0.25) is 0 Å². The van der Waals surface area contributed by atoms with Gasteiger partial charge in [0, 0.05) is 16.5 Å². The quantitative estimate of drug-likeness (QED) is 0.709. The molecule has 1 aliphatic rings. The average Bonchev–Trinajstić information content (AvgIpc) is 2.45. The van der Waals surface area contributed by atoms with Crippen molar-refractivity contribution in [2.75, 3.05) is 13.2 Å². The van der Waals surface area contributed by atoms with Gasteiger partial charge in [0.25, 0.3) is 0 Å². The summed E-state index contributed by atoms with van der Waals surface area (Å²) in [5.41, 5.74) is 0.455. The van der Waals surface area contributed by atoms with Crippen LogP contribution in [0.2, 0.25) is 0 Å². The van der Waals surface area contributed by atoms with Crippen molar-refractivity contribution >= 4 is 11.8 Å². The monoisotopic (exact) mass is 301 g/mol. The highest BCUT2D eigenvalue weighted by molar-refractivity contribution is 8.00. The lowest BCUT2D eigenvalue weighted by atomic mass is 9.68. The second-order valence-corrected chi connectivity index (χ2v) is 8.76. The summed E-state index contributed by atoms with van der Waals surface area (Å²) in [6.07, 6.45) is 6.42. The maximum absolute atomic E-state index is 9.36. The van der Waals surface area contributed by atoms with Crippen LogP contribution in [0.5, 0.6) is 0 Å². The maximum atomic E-state index is 9.36. The first-order valence-corrected chi connectivity index (χ1v) is 9.38. The molecule has 1 saturated carbocycles. The van der Waals surface area contributed by atoms with E-state index in [1.165, 1.54) is 32.1 Å². The molecule has 0 amide bonds. The third-order valence-corrected chi connectivity index (χ3v) is 6.61. The first kappa shape index (κ1) is 18.3. The minimum Gasteiger partial charge on any atom is -0.395 e. The highest BCUT2D eigenvalue weighted by atomic mass is 32.2. The van der Waals surface area contributed by atoms with Crippen LogP contribution in [-0.2, 0) is 0 Å². The fourth-order valence-corrected chi connectivity index (χ4v) is 4.63. The SMILES string of the molecule is CCCNC1CCC(C(C)(C)CC)CC1SC(C)CO. The Kier molecular flexibility index (Phi) is 7.92. The van der Waals surface area contributed by atoms with Crippen molar-refractivity contribution in [2.45, 2.75) is 83.3 Å². The average molecular weight is 302 g/mol. The number of aliphatic hydroxyl groups excluding tert-OH is 1. The van der Waals surface area contributed by atoms with E-state index < -0.39 is 0 Å². The van der Waals surface area contributed by atoms with Crippen molar-refractivity contribution in [3.63, 3.8) is 0 Å². The summed E-state index contributed by atoms with van der Waals surface area (Å²) in [6.45, 7) is 13.0. The van der Waals surface area contributed by atoms with Gasteiger partial charge in [-0.2, -0.15) is 11.8 Å². The lowest BCUT2D eigenvalue weighted by Gasteiger charge is -2.43. The molecule has 1 aliphatic carbocycles. The highest BCUT2D eigenvalue weighted by Crippen LogP contribution is 2.44. The number of hydrogen-bond donors (Lipinski definition) is 2. The van der Waals surface area contributed by atoms with E-state index >= 15 is 0 Å². The lowest BCUT2D eigenvalue weighted by Crippen LogP contribution is -2.46. The van der Waals surface area contributed by atoms with Gasteiger partial charge in [-0.25, -0.2) is 0 Å². The lowest BCUT2D eigenvalue weighted by molar-refractivity contribution is 0.141. The van der Waals surface area contributed by atoms with E-state index in [4.69, 9.17) is 0 Å². The van der Waals surface area contributed by atoms with Gasteiger partial charge in [0.05, 0.1) is 6.61 Å². The molecule has 0 aromatic rings. The van der Waals surface area contributed by atoms with Gasteiger partial charge in [-0.3, -0.25) is 0 Å².